The lowest BCUT2D eigenvalue weighted by Gasteiger charge is -2.07. The van der Waals surface area contributed by atoms with Crippen LogP contribution in [0.25, 0.3) is 22.6 Å². The Bertz CT molecular complexity index is 1210. The van der Waals surface area contributed by atoms with Gasteiger partial charge in [-0.2, -0.15) is 0 Å². The number of fused-ring (bicyclic) bond motifs is 2. The maximum absolute atomic E-state index is 13.1. The number of benzene rings is 2. The third-order valence-electron chi connectivity index (χ3n) is 4.59. The van der Waals surface area contributed by atoms with Crippen molar-refractivity contribution in [2.75, 3.05) is 5.32 Å². The first-order chi connectivity index (χ1) is 13.4. The first-order valence-electron chi connectivity index (χ1n) is 8.53. The van der Waals surface area contributed by atoms with E-state index in [9.17, 15) is 18.8 Å². The molecule has 140 valence electrons. The number of amides is 1. The first-order valence-corrected chi connectivity index (χ1v) is 8.53. The average molecular weight is 379 g/mol. The molecule has 1 aliphatic rings. The van der Waals surface area contributed by atoms with Gasteiger partial charge in [-0.1, -0.05) is 12.1 Å². The van der Waals surface area contributed by atoms with Gasteiger partial charge >= 0.3 is 11.9 Å². The van der Waals surface area contributed by atoms with Crippen LogP contribution >= 0.6 is 0 Å². The van der Waals surface area contributed by atoms with Gasteiger partial charge in [-0.15, -0.1) is 0 Å². The summed E-state index contributed by atoms with van der Waals surface area (Å²) in [5.41, 5.74) is 2.48. The van der Waals surface area contributed by atoms with Gasteiger partial charge in [-0.05, 0) is 54.3 Å². The van der Waals surface area contributed by atoms with Gasteiger partial charge in [0, 0.05) is 17.3 Å². The standard InChI is InChI=1S/C21H14FNO5/c22-13-4-1-11(2-5-13)9-12-3-7-16-18(24)15-8-6-14(23-20(25)21(26)27)10-17(15)28-19(12)16/h1-2,4-6,8-10H,3,7H2,(H,23,25)(H,26,27)/b12-9+. The second-order valence-electron chi connectivity index (χ2n) is 6.43. The summed E-state index contributed by atoms with van der Waals surface area (Å²) < 4.78 is 19.0. The highest BCUT2D eigenvalue weighted by Gasteiger charge is 2.24. The predicted octanol–water partition coefficient (Wildman–Crippen LogP) is 3.44. The molecule has 0 fully saturated rings. The Morgan fingerprint density at radius 2 is 1.86 bits per heavy atom. The fourth-order valence-corrected chi connectivity index (χ4v) is 3.25. The molecule has 2 N–H and O–H groups in total. The summed E-state index contributed by atoms with van der Waals surface area (Å²) in [5, 5.41) is 11.3. The number of hydrogen-bond donors (Lipinski definition) is 2. The number of aliphatic carboxylic acids is 1. The van der Waals surface area contributed by atoms with Gasteiger partial charge in [-0.25, -0.2) is 9.18 Å². The maximum atomic E-state index is 13.1. The van der Waals surface area contributed by atoms with E-state index in [0.29, 0.717) is 29.6 Å². The summed E-state index contributed by atoms with van der Waals surface area (Å²) >= 11 is 0. The second kappa shape index (κ2) is 6.77. The molecule has 1 heterocycles. The molecule has 0 unspecified atom stereocenters. The normalized spacial score (nSPS) is 14.2. The van der Waals surface area contributed by atoms with Crippen LogP contribution in [-0.4, -0.2) is 17.0 Å². The maximum Gasteiger partial charge on any atom is 0.394 e. The fraction of sp³-hybridized carbons (Fsp3) is 0.0952. The molecular weight excluding hydrogens is 365 g/mol. The van der Waals surface area contributed by atoms with E-state index in [1.165, 1.54) is 30.3 Å². The van der Waals surface area contributed by atoms with E-state index in [-0.39, 0.29) is 22.5 Å². The van der Waals surface area contributed by atoms with Gasteiger partial charge in [-0.3, -0.25) is 9.59 Å². The molecule has 0 saturated carbocycles. The molecule has 4 rings (SSSR count). The van der Waals surface area contributed by atoms with E-state index in [1.54, 1.807) is 12.1 Å². The first kappa shape index (κ1) is 17.7. The lowest BCUT2D eigenvalue weighted by atomic mass is 10.1. The van der Waals surface area contributed by atoms with Gasteiger partial charge in [0.05, 0.1) is 5.39 Å². The van der Waals surface area contributed by atoms with Crippen molar-refractivity contribution in [1.82, 2.24) is 0 Å². The van der Waals surface area contributed by atoms with Crippen LogP contribution in [0.2, 0.25) is 0 Å². The Hall–Kier alpha value is -3.74. The Morgan fingerprint density at radius 3 is 2.57 bits per heavy atom. The van der Waals surface area contributed by atoms with Crippen LogP contribution in [0, 0.1) is 5.82 Å². The highest BCUT2D eigenvalue weighted by molar-refractivity contribution is 6.36. The number of allylic oxidation sites excluding steroid dienone is 1. The SMILES string of the molecule is O=C(O)C(=O)Nc1ccc2c(=O)c3c(oc2c1)/C(=C/c1ccc(F)cc1)CC3. The lowest BCUT2D eigenvalue weighted by molar-refractivity contribution is -0.147. The van der Waals surface area contributed by atoms with E-state index in [0.717, 1.165) is 11.1 Å². The molecule has 1 aromatic heterocycles. The monoisotopic (exact) mass is 379 g/mol. The summed E-state index contributed by atoms with van der Waals surface area (Å²) in [6, 6.07) is 10.4. The summed E-state index contributed by atoms with van der Waals surface area (Å²) in [4.78, 5) is 34.8. The number of anilines is 1. The molecule has 0 atom stereocenters. The van der Waals surface area contributed by atoms with Crippen LogP contribution in [0.1, 0.15) is 23.3 Å². The third-order valence-corrected chi connectivity index (χ3v) is 4.59. The highest BCUT2D eigenvalue weighted by Crippen LogP contribution is 2.34. The number of rotatable bonds is 2. The molecule has 7 heteroatoms. The van der Waals surface area contributed by atoms with E-state index in [2.05, 4.69) is 5.32 Å². The number of carboxylic acid groups (broad SMARTS) is 1. The Morgan fingerprint density at radius 1 is 1.11 bits per heavy atom. The van der Waals surface area contributed by atoms with Crippen molar-refractivity contribution >= 4 is 40.2 Å². The van der Waals surface area contributed by atoms with Crippen molar-refractivity contribution in [2.24, 2.45) is 0 Å². The zero-order valence-electron chi connectivity index (χ0n) is 14.5. The minimum Gasteiger partial charge on any atom is -0.474 e. The largest absolute Gasteiger partial charge is 0.474 e. The minimum absolute atomic E-state index is 0.158. The molecule has 1 aliphatic carbocycles. The van der Waals surface area contributed by atoms with E-state index >= 15 is 0 Å². The molecule has 0 saturated heterocycles. The van der Waals surface area contributed by atoms with Crippen LogP contribution in [0.3, 0.4) is 0 Å². The topological polar surface area (TPSA) is 96.6 Å². The predicted molar refractivity (Wildman–Crippen MR) is 101 cm³/mol. The summed E-state index contributed by atoms with van der Waals surface area (Å²) in [6.07, 6.45) is 3.00. The van der Waals surface area contributed by atoms with Crippen molar-refractivity contribution in [3.05, 3.63) is 75.4 Å². The second-order valence-corrected chi connectivity index (χ2v) is 6.43. The Kier molecular flexibility index (Phi) is 4.27. The smallest absolute Gasteiger partial charge is 0.394 e. The lowest BCUT2D eigenvalue weighted by Crippen LogP contribution is -2.21. The van der Waals surface area contributed by atoms with Crippen molar-refractivity contribution in [3.8, 4) is 0 Å². The Balaban J connectivity index is 1.78. The number of hydrogen-bond acceptors (Lipinski definition) is 4. The van der Waals surface area contributed by atoms with E-state index < -0.39 is 11.9 Å². The van der Waals surface area contributed by atoms with Crippen molar-refractivity contribution in [3.63, 3.8) is 0 Å². The van der Waals surface area contributed by atoms with Crippen molar-refractivity contribution in [2.45, 2.75) is 12.8 Å². The Labute approximate surface area is 157 Å². The van der Waals surface area contributed by atoms with Gasteiger partial charge < -0.3 is 14.8 Å². The average Bonchev–Trinajstić information content (AvgIpc) is 3.06. The molecule has 0 aliphatic heterocycles. The molecule has 3 aromatic rings. The number of halogens is 1. The zero-order valence-corrected chi connectivity index (χ0v) is 14.5. The zero-order chi connectivity index (χ0) is 19.8. The fourth-order valence-electron chi connectivity index (χ4n) is 3.25. The van der Waals surface area contributed by atoms with Gasteiger partial charge in [0.1, 0.15) is 17.2 Å². The number of carbonyl (C=O) groups is 2. The highest BCUT2D eigenvalue weighted by atomic mass is 19.1. The molecule has 0 bridgehead atoms. The van der Waals surface area contributed by atoms with Crippen LogP contribution in [0.5, 0.6) is 0 Å². The molecule has 28 heavy (non-hydrogen) atoms. The molecule has 0 spiro atoms. The van der Waals surface area contributed by atoms with Gasteiger partial charge in [0.15, 0.2) is 5.43 Å². The van der Waals surface area contributed by atoms with Crippen LogP contribution in [0.4, 0.5) is 10.1 Å². The number of nitrogens with one attached hydrogen (secondary N) is 1. The minimum atomic E-state index is -1.61. The van der Waals surface area contributed by atoms with Crippen LogP contribution in [0.15, 0.2) is 51.7 Å². The number of carbonyl (C=O) groups excluding carboxylic acids is 1. The van der Waals surface area contributed by atoms with Gasteiger partial charge in [0.25, 0.3) is 0 Å². The summed E-state index contributed by atoms with van der Waals surface area (Å²) in [7, 11) is 0. The molecule has 2 aromatic carbocycles. The molecule has 6 nitrogen and oxygen atoms in total. The van der Waals surface area contributed by atoms with Crippen molar-refractivity contribution < 1.29 is 23.5 Å². The third kappa shape index (κ3) is 3.18. The van der Waals surface area contributed by atoms with E-state index in [4.69, 9.17) is 9.52 Å². The van der Waals surface area contributed by atoms with Gasteiger partial charge in [0.2, 0.25) is 0 Å². The molecular formula is C21H14FNO5. The van der Waals surface area contributed by atoms with Crippen LogP contribution < -0.4 is 10.7 Å². The quantitative estimate of drug-likeness (QED) is 0.665. The molecule has 1 amide bonds. The summed E-state index contributed by atoms with van der Waals surface area (Å²) in [6.45, 7) is 0. The van der Waals surface area contributed by atoms with Crippen molar-refractivity contribution in [1.29, 1.82) is 0 Å². The molecule has 0 radical (unpaired) electrons. The number of carboxylic acids is 1. The van der Waals surface area contributed by atoms with E-state index in [1.807, 2.05) is 6.08 Å². The summed E-state index contributed by atoms with van der Waals surface area (Å²) in [5.74, 6) is -2.66. The van der Waals surface area contributed by atoms with Crippen LogP contribution in [-0.2, 0) is 16.0 Å².